The number of amides is 2. The first-order valence-corrected chi connectivity index (χ1v) is 7.50. The smallest absolute Gasteiger partial charge is 0.271 e. The van der Waals surface area contributed by atoms with Gasteiger partial charge in [-0.3, -0.25) is 9.59 Å². The van der Waals surface area contributed by atoms with Gasteiger partial charge in [0.1, 0.15) is 12.4 Å². The van der Waals surface area contributed by atoms with Crippen molar-refractivity contribution in [3.05, 3.63) is 71.7 Å². The third kappa shape index (κ3) is 3.72. The number of carbonyl (C=O) groups is 2. The molecule has 126 valence electrons. The van der Waals surface area contributed by atoms with Crippen molar-refractivity contribution in [1.29, 1.82) is 0 Å². The molecule has 3 aromatic rings. The maximum atomic E-state index is 13.1. The molecular weight excluding hydrogens is 323 g/mol. The first kappa shape index (κ1) is 16.4. The Kier molecular flexibility index (Phi) is 4.56. The normalized spacial score (nSPS) is 11.1. The third-order valence-electron chi connectivity index (χ3n) is 3.60. The number of fused-ring (bicyclic) bond motifs is 1. The molecule has 0 spiro atoms. The van der Waals surface area contributed by atoms with Gasteiger partial charge in [0.05, 0.1) is 6.21 Å². The number of hydrogen-bond donors (Lipinski definition) is 2. The molecule has 0 aliphatic carbocycles. The number of nitrogens with one attached hydrogen (secondary N) is 1. The van der Waals surface area contributed by atoms with Crippen molar-refractivity contribution in [2.24, 2.45) is 10.8 Å². The predicted molar refractivity (Wildman–Crippen MR) is 92.6 cm³/mol. The van der Waals surface area contributed by atoms with Crippen molar-refractivity contribution in [2.75, 3.05) is 0 Å². The quantitative estimate of drug-likeness (QED) is 0.550. The van der Waals surface area contributed by atoms with Gasteiger partial charge in [-0.1, -0.05) is 24.3 Å². The largest absolute Gasteiger partial charge is 0.368 e. The van der Waals surface area contributed by atoms with Gasteiger partial charge in [0, 0.05) is 28.2 Å². The molecule has 3 N–H and O–H groups in total. The van der Waals surface area contributed by atoms with E-state index < -0.39 is 17.6 Å². The molecule has 0 saturated heterocycles. The lowest BCUT2D eigenvalue weighted by atomic mass is 10.2. The second-order valence-corrected chi connectivity index (χ2v) is 5.41. The lowest BCUT2D eigenvalue weighted by molar-refractivity contribution is -0.118. The van der Waals surface area contributed by atoms with Crippen molar-refractivity contribution in [1.82, 2.24) is 9.99 Å². The molecule has 3 rings (SSSR count). The van der Waals surface area contributed by atoms with E-state index in [-0.39, 0.29) is 12.1 Å². The summed E-state index contributed by atoms with van der Waals surface area (Å²) in [5, 5.41) is 4.78. The molecule has 1 heterocycles. The van der Waals surface area contributed by atoms with E-state index in [0.717, 1.165) is 22.5 Å². The first-order chi connectivity index (χ1) is 12.0. The summed E-state index contributed by atoms with van der Waals surface area (Å²) < 4.78 is 14.9. The highest BCUT2D eigenvalue weighted by molar-refractivity contribution is 6.01. The van der Waals surface area contributed by atoms with Crippen LogP contribution < -0.4 is 11.2 Å². The van der Waals surface area contributed by atoms with Crippen LogP contribution in [-0.4, -0.2) is 22.6 Å². The van der Waals surface area contributed by atoms with E-state index in [1.54, 1.807) is 10.8 Å². The summed E-state index contributed by atoms with van der Waals surface area (Å²) in [7, 11) is 0. The molecule has 2 amide bonds. The van der Waals surface area contributed by atoms with E-state index in [1.807, 2.05) is 24.3 Å². The molecule has 0 unspecified atom stereocenters. The van der Waals surface area contributed by atoms with Crippen molar-refractivity contribution in [3.63, 3.8) is 0 Å². The molecule has 0 atom stereocenters. The van der Waals surface area contributed by atoms with Gasteiger partial charge in [0.25, 0.3) is 5.91 Å². The van der Waals surface area contributed by atoms with Crippen LogP contribution in [0, 0.1) is 5.82 Å². The Morgan fingerprint density at radius 3 is 2.76 bits per heavy atom. The van der Waals surface area contributed by atoms with Gasteiger partial charge < -0.3 is 10.3 Å². The van der Waals surface area contributed by atoms with E-state index >= 15 is 0 Å². The molecule has 25 heavy (non-hydrogen) atoms. The van der Waals surface area contributed by atoms with Crippen LogP contribution in [0.2, 0.25) is 0 Å². The number of para-hydroxylation sites is 1. The molecule has 7 heteroatoms. The maximum absolute atomic E-state index is 13.1. The first-order valence-electron chi connectivity index (χ1n) is 7.50. The lowest BCUT2D eigenvalue weighted by Crippen LogP contribution is -2.18. The molecule has 0 aliphatic heterocycles. The van der Waals surface area contributed by atoms with Gasteiger partial charge in [-0.2, -0.15) is 5.10 Å². The van der Waals surface area contributed by atoms with Crippen molar-refractivity contribution in [2.45, 2.75) is 6.54 Å². The number of halogens is 1. The van der Waals surface area contributed by atoms with Crippen LogP contribution in [0.25, 0.3) is 10.9 Å². The SMILES string of the molecule is NC(=O)Cn1cc(C=NNC(=O)c2cccc(F)c2)c2ccccc21. The zero-order valence-electron chi connectivity index (χ0n) is 13.1. The predicted octanol–water partition coefficient (Wildman–Crippen LogP) is 2.03. The number of hydrogen-bond acceptors (Lipinski definition) is 3. The van der Waals surface area contributed by atoms with Gasteiger partial charge in [0.15, 0.2) is 0 Å². The van der Waals surface area contributed by atoms with Crippen LogP contribution in [0.3, 0.4) is 0 Å². The van der Waals surface area contributed by atoms with E-state index in [0.29, 0.717) is 0 Å². The Labute approximate surface area is 142 Å². The van der Waals surface area contributed by atoms with E-state index in [9.17, 15) is 14.0 Å². The van der Waals surface area contributed by atoms with E-state index in [4.69, 9.17) is 5.73 Å². The summed E-state index contributed by atoms with van der Waals surface area (Å²) in [5.41, 5.74) is 9.34. The molecule has 0 aliphatic rings. The second-order valence-electron chi connectivity index (χ2n) is 5.41. The number of carbonyl (C=O) groups excluding carboxylic acids is 2. The number of rotatable bonds is 5. The van der Waals surface area contributed by atoms with E-state index in [1.165, 1.54) is 24.4 Å². The van der Waals surface area contributed by atoms with Crippen molar-refractivity contribution in [3.8, 4) is 0 Å². The van der Waals surface area contributed by atoms with Gasteiger partial charge in [-0.25, -0.2) is 9.82 Å². The number of benzene rings is 2. The molecular formula is C18H15FN4O2. The lowest BCUT2D eigenvalue weighted by Gasteiger charge is -2.00. The Bertz CT molecular complexity index is 978. The highest BCUT2D eigenvalue weighted by Gasteiger charge is 2.09. The van der Waals surface area contributed by atoms with Crippen LogP contribution in [0.4, 0.5) is 4.39 Å². The summed E-state index contributed by atoms with van der Waals surface area (Å²) in [4.78, 5) is 23.1. The average molecular weight is 338 g/mol. The standard InChI is InChI=1S/C18H15FN4O2/c19-14-5-3-4-12(8-14)18(25)22-21-9-13-10-23(11-17(20)24)16-7-2-1-6-15(13)16/h1-10H,11H2,(H2,20,24)(H,22,25). The number of nitrogens with two attached hydrogens (primary N) is 1. The zero-order valence-corrected chi connectivity index (χ0v) is 13.1. The van der Waals surface area contributed by atoms with Gasteiger partial charge in [0.2, 0.25) is 5.91 Å². The Balaban J connectivity index is 1.81. The zero-order chi connectivity index (χ0) is 17.8. The summed E-state index contributed by atoms with van der Waals surface area (Å²) in [6, 6.07) is 12.8. The third-order valence-corrected chi connectivity index (χ3v) is 3.60. The highest BCUT2D eigenvalue weighted by atomic mass is 19.1. The molecule has 0 bridgehead atoms. The average Bonchev–Trinajstić information content (AvgIpc) is 2.92. The highest BCUT2D eigenvalue weighted by Crippen LogP contribution is 2.19. The number of hydrazone groups is 1. The van der Waals surface area contributed by atoms with Crippen molar-refractivity contribution >= 4 is 28.9 Å². The summed E-state index contributed by atoms with van der Waals surface area (Å²) in [6.07, 6.45) is 3.20. The molecule has 0 radical (unpaired) electrons. The van der Waals surface area contributed by atoms with Crippen LogP contribution in [0.1, 0.15) is 15.9 Å². The van der Waals surface area contributed by atoms with Crippen molar-refractivity contribution < 1.29 is 14.0 Å². The van der Waals surface area contributed by atoms with E-state index in [2.05, 4.69) is 10.5 Å². The molecule has 6 nitrogen and oxygen atoms in total. The minimum atomic E-state index is -0.517. The fourth-order valence-corrected chi connectivity index (χ4v) is 2.53. The van der Waals surface area contributed by atoms with Crippen LogP contribution in [0.15, 0.2) is 59.8 Å². The summed E-state index contributed by atoms with van der Waals surface area (Å²) in [6.45, 7) is 0.0456. The second kappa shape index (κ2) is 6.96. The molecule has 0 saturated carbocycles. The van der Waals surface area contributed by atoms with Gasteiger partial charge >= 0.3 is 0 Å². The summed E-state index contributed by atoms with van der Waals surface area (Å²) >= 11 is 0. The Morgan fingerprint density at radius 2 is 2.00 bits per heavy atom. The minimum absolute atomic E-state index is 0.0456. The summed E-state index contributed by atoms with van der Waals surface area (Å²) in [5.74, 6) is -1.47. The Morgan fingerprint density at radius 1 is 1.20 bits per heavy atom. The maximum Gasteiger partial charge on any atom is 0.271 e. The molecule has 1 aromatic heterocycles. The van der Waals surface area contributed by atoms with Crippen LogP contribution in [-0.2, 0) is 11.3 Å². The monoisotopic (exact) mass is 338 g/mol. The van der Waals surface area contributed by atoms with Crippen LogP contribution in [0.5, 0.6) is 0 Å². The van der Waals surface area contributed by atoms with Gasteiger partial charge in [-0.15, -0.1) is 0 Å². The van der Waals surface area contributed by atoms with Gasteiger partial charge in [-0.05, 0) is 24.3 Å². The number of aromatic nitrogens is 1. The Hall–Kier alpha value is -3.48. The van der Waals surface area contributed by atoms with Crippen LogP contribution >= 0.6 is 0 Å². The number of primary amides is 1. The fourth-order valence-electron chi connectivity index (χ4n) is 2.53. The minimum Gasteiger partial charge on any atom is -0.368 e. The molecule has 2 aromatic carbocycles. The molecule has 0 fully saturated rings. The fraction of sp³-hybridized carbons (Fsp3) is 0.0556. The topological polar surface area (TPSA) is 89.5 Å². The number of nitrogens with zero attached hydrogens (tertiary/aromatic N) is 2.